The number of urea groups is 1. The molecule has 1 atom stereocenters. The fraction of sp³-hybridized carbons (Fsp3) is 0.333. The van der Waals surface area contributed by atoms with Crippen molar-refractivity contribution < 1.29 is 14.7 Å². The van der Waals surface area contributed by atoms with Gasteiger partial charge in [-0.2, -0.15) is 5.26 Å². The molecule has 0 spiro atoms. The number of amides is 2. The number of nitrogens with zero attached hydrogens (tertiary/aromatic N) is 3. The molecule has 19 heavy (non-hydrogen) atoms. The lowest BCUT2D eigenvalue weighted by Gasteiger charge is -2.18. The van der Waals surface area contributed by atoms with Crippen molar-refractivity contribution in [1.29, 1.82) is 5.26 Å². The van der Waals surface area contributed by atoms with E-state index in [0.717, 1.165) is 0 Å². The summed E-state index contributed by atoms with van der Waals surface area (Å²) in [6.45, 7) is 1.99. The van der Waals surface area contributed by atoms with Gasteiger partial charge in [0.1, 0.15) is 0 Å². The Labute approximate surface area is 110 Å². The van der Waals surface area contributed by atoms with Crippen LogP contribution in [0, 0.1) is 17.2 Å². The van der Waals surface area contributed by atoms with Gasteiger partial charge in [-0.25, -0.2) is 9.59 Å². The van der Waals surface area contributed by atoms with E-state index in [-0.39, 0.29) is 18.0 Å². The van der Waals surface area contributed by atoms with Crippen LogP contribution in [-0.2, 0) is 0 Å². The Kier molecular flexibility index (Phi) is 4.83. The van der Waals surface area contributed by atoms with E-state index in [4.69, 9.17) is 10.4 Å². The number of hydrogen-bond acceptors (Lipinski definition) is 4. The topological polar surface area (TPSA) is 106 Å². The quantitative estimate of drug-likeness (QED) is 0.853. The Morgan fingerprint density at radius 3 is 2.84 bits per heavy atom. The smallest absolute Gasteiger partial charge is 0.337 e. The Bertz CT molecular complexity index is 524. The van der Waals surface area contributed by atoms with Crippen LogP contribution < -0.4 is 5.32 Å². The minimum atomic E-state index is -1.12. The number of carbonyl (C=O) groups excluding carboxylic acids is 1. The van der Waals surface area contributed by atoms with Gasteiger partial charge < -0.3 is 15.3 Å². The van der Waals surface area contributed by atoms with Gasteiger partial charge in [0, 0.05) is 19.8 Å². The molecule has 0 aliphatic rings. The number of nitrogens with one attached hydrogen (secondary N) is 1. The average Bonchev–Trinajstić information content (AvgIpc) is 2.38. The first-order chi connectivity index (χ1) is 8.93. The highest BCUT2D eigenvalue weighted by Crippen LogP contribution is 2.09. The molecule has 1 aromatic heterocycles. The molecule has 1 aromatic rings. The van der Waals surface area contributed by atoms with Gasteiger partial charge in [0.05, 0.1) is 29.4 Å². The molecular formula is C12H14N4O3. The summed E-state index contributed by atoms with van der Waals surface area (Å²) in [4.78, 5) is 27.6. The summed E-state index contributed by atoms with van der Waals surface area (Å²) in [5.74, 6) is -1.39. The highest BCUT2D eigenvalue weighted by molar-refractivity contribution is 5.92. The van der Waals surface area contributed by atoms with Crippen molar-refractivity contribution in [2.75, 3.05) is 18.9 Å². The van der Waals surface area contributed by atoms with Crippen LogP contribution in [0.4, 0.5) is 10.5 Å². The molecule has 0 radical (unpaired) electrons. The van der Waals surface area contributed by atoms with Crippen molar-refractivity contribution in [3.05, 3.63) is 24.0 Å². The van der Waals surface area contributed by atoms with E-state index in [1.807, 2.05) is 6.07 Å². The molecule has 2 N–H and O–H groups in total. The lowest BCUT2D eigenvalue weighted by atomic mass is 10.2. The van der Waals surface area contributed by atoms with Crippen molar-refractivity contribution in [2.24, 2.45) is 5.92 Å². The largest absolute Gasteiger partial charge is 0.478 e. The number of nitriles is 1. The fourth-order valence-electron chi connectivity index (χ4n) is 1.38. The van der Waals surface area contributed by atoms with Crippen LogP contribution in [0.15, 0.2) is 18.5 Å². The van der Waals surface area contributed by atoms with E-state index in [9.17, 15) is 9.59 Å². The minimum absolute atomic E-state index is 0.00848. The van der Waals surface area contributed by atoms with E-state index in [1.54, 1.807) is 14.0 Å². The zero-order valence-corrected chi connectivity index (χ0v) is 10.6. The summed E-state index contributed by atoms with van der Waals surface area (Å²) in [7, 11) is 1.55. The van der Waals surface area contributed by atoms with Crippen molar-refractivity contribution in [3.63, 3.8) is 0 Å². The van der Waals surface area contributed by atoms with Crippen LogP contribution in [0.5, 0.6) is 0 Å². The van der Waals surface area contributed by atoms with Gasteiger partial charge in [-0.3, -0.25) is 4.98 Å². The van der Waals surface area contributed by atoms with Crippen LogP contribution in [-0.4, -0.2) is 40.6 Å². The number of rotatable bonds is 4. The summed E-state index contributed by atoms with van der Waals surface area (Å²) >= 11 is 0. The third-order valence-corrected chi connectivity index (χ3v) is 2.35. The summed E-state index contributed by atoms with van der Waals surface area (Å²) in [6.07, 6.45) is 2.55. The van der Waals surface area contributed by atoms with Crippen LogP contribution in [0.1, 0.15) is 17.3 Å². The van der Waals surface area contributed by atoms with Crippen molar-refractivity contribution in [1.82, 2.24) is 9.88 Å². The first kappa shape index (κ1) is 14.4. The van der Waals surface area contributed by atoms with Crippen LogP contribution in [0.3, 0.4) is 0 Å². The number of hydrogen-bond donors (Lipinski definition) is 2. The second-order valence-electron chi connectivity index (χ2n) is 4.11. The van der Waals surface area contributed by atoms with Gasteiger partial charge in [0.25, 0.3) is 0 Å². The van der Waals surface area contributed by atoms with E-state index in [0.29, 0.717) is 5.69 Å². The predicted octanol–water partition coefficient (Wildman–Crippen LogP) is 1.40. The summed E-state index contributed by atoms with van der Waals surface area (Å²) in [5, 5.41) is 20.0. The number of pyridine rings is 1. The maximum atomic E-state index is 11.8. The van der Waals surface area contributed by atoms with Gasteiger partial charge in [0.2, 0.25) is 0 Å². The average molecular weight is 262 g/mol. The Hall–Kier alpha value is -2.62. The number of carboxylic acid groups (broad SMARTS) is 1. The molecule has 0 aliphatic carbocycles. The number of aromatic carboxylic acids is 1. The zero-order valence-electron chi connectivity index (χ0n) is 10.6. The first-order valence-electron chi connectivity index (χ1n) is 5.54. The van der Waals surface area contributed by atoms with Gasteiger partial charge in [-0.05, 0) is 13.0 Å². The standard InChI is InChI=1S/C12H14N4O3/c1-8(4-13)7-16(2)12(19)15-10-3-9(11(17)18)5-14-6-10/h3,5-6,8H,7H2,1-2H3,(H,15,19)(H,17,18). The summed E-state index contributed by atoms with van der Waals surface area (Å²) < 4.78 is 0. The van der Waals surface area contributed by atoms with Crippen LogP contribution in [0.2, 0.25) is 0 Å². The fourth-order valence-corrected chi connectivity index (χ4v) is 1.38. The molecule has 1 unspecified atom stereocenters. The normalized spacial score (nSPS) is 11.2. The van der Waals surface area contributed by atoms with E-state index >= 15 is 0 Å². The van der Waals surface area contributed by atoms with E-state index in [1.165, 1.54) is 23.4 Å². The molecular weight excluding hydrogens is 248 g/mol. The molecule has 7 heteroatoms. The second-order valence-corrected chi connectivity index (χ2v) is 4.11. The Morgan fingerprint density at radius 1 is 1.58 bits per heavy atom. The van der Waals surface area contributed by atoms with Crippen molar-refractivity contribution in [3.8, 4) is 6.07 Å². The lowest BCUT2D eigenvalue weighted by Crippen LogP contribution is -2.34. The summed E-state index contributed by atoms with van der Waals surface area (Å²) in [5.41, 5.74) is 0.284. The van der Waals surface area contributed by atoms with Crippen molar-refractivity contribution in [2.45, 2.75) is 6.92 Å². The molecule has 2 amide bonds. The van der Waals surface area contributed by atoms with E-state index in [2.05, 4.69) is 10.3 Å². The molecule has 0 bridgehead atoms. The molecule has 100 valence electrons. The van der Waals surface area contributed by atoms with Crippen LogP contribution in [0.25, 0.3) is 0 Å². The summed E-state index contributed by atoms with van der Waals surface area (Å²) in [6, 6.07) is 2.92. The first-order valence-corrected chi connectivity index (χ1v) is 5.54. The predicted molar refractivity (Wildman–Crippen MR) is 67.6 cm³/mol. The minimum Gasteiger partial charge on any atom is -0.478 e. The Morgan fingerprint density at radius 2 is 2.26 bits per heavy atom. The number of carboxylic acids is 1. The molecule has 0 saturated heterocycles. The number of anilines is 1. The van der Waals surface area contributed by atoms with E-state index < -0.39 is 12.0 Å². The van der Waals surface area contributed by atoms with Gasteiger partial charge in [-0.15, -0.1) is 0 Å². The molecule has 0 aromatic carbocycles. The molecule has 0 fully saturated rings. The molecule has 1 heterocycles. The third-order valence-electron chi connectivity index (χ3n) is 2.35. The monoisotopic (exact) mass is 262 g/mol. The zero-order chi connectivity index (χ0) is 14.4. The maximum Gasteiger partial charge on any atom is 0.337 e. The maximum absolute atomic E-state index is 11.8. The molecule has 7 nitrogen and oxygen atoms in total. The van der Waals surface area contributed by atoms with Gasteiger partial charge >= 0.3 is 12.0 Å². The molecule has 0 saturated carbocycles. The Balaban J connectivity index is 2.69. The lowest BCUT2D eigenvalue weighted by molar-refractivity contribution is 0.0696. The van der Waals surface area contributed by atoms with Crippen molar-refractivity contribution >= 4 is 17.7 Å². The molecule has 1 rings (SSSR count). The highest BCUT2D eigenvalue weighted by Gasteiger charge is 2.13. The number of aromatic nitrogens is 1. The SMILES string of the molecule is CC(C#N)CN(C)C(=O)Nc1cncc(C(=O)O)c1. The van der Waals surface area contributed by atoms with Gasteiger partial charge in [-0.1, -0.05) is 0 Å². The third kappa shape index (κ3) is 4.27. The number of carbonyl (C=O) groups is 2. The van der Waals surface area contributed by atoms with Gasteiger partial charge in [0.15, 0.2) is 0 Å². The van der Waals surface area contributed by atoms with Crippen LogP contribution >= 0.6 is 0 Å². The molecule has 0 aliphatic heterocycles. The highest BCUT2D eigenvalue weighted by atomic mass is 16.4. The second kappa shape index (κ2) is 6.35.